The van der Waals surface area contributed by atoms with Crippen molar-refractivity contribution in [3.8, 4) is 5.75 Å². The number of carbonyl (C=O) groups is 1. The summed E-state index contributed by atoms with van der Waals surface area (Å²) in [5.41, 5.74) is 0.532. The summed E-state index contributed by atoms with van der Waals surface area (Å²) in [6, 6.07) is 6.62. The van der Waals surface area contributed by atoms with Crippen molar-refractivity contribution < 1.29 is 20.1 Å². The van der Waals surface area contributed by atoms with Crippen molar-refractivity contribution in [3.63, 3.8) is 0 Å². The van der Waals surface area contributed by atoms with Crippen LogP contribution in [-0.4, -0.2) is 40.2 Å². The fourth-order valence-corrected chi connectivity index (χ4v) is 1.14. The van der Waals surface area contributed by atoms with Crippen LogP contribution >= 0.6 is 0 Å². The average Bonchev–Trinajstić information content (AvgIpc) is 2.19. The van der Waals surface area contributed by atoms with Gasteiger partial charge in [-0.15, -0.1) is 0 Å². The molecule has 0 aliphatic rings. The minimum atomic E-state index is -1.06. The Kier molecular flexibility index (Phi) is 4.47. The van der Waals surface area contributed by atoms with E-state index in [-0.39, 0.29) is 18.7 Å². The highest BCUT2D eigenvalue weighted by Crippen LogP contribution is 2.12. The molecule has 0 saturated heterocycles. The lowest BCUT2D eigenvalue weighted by Gasteiger charge is -2.03. The van der Waals surface area contributed by atoms with Crippen molar-refractivity contribution >= 4 is 12.2 Å². The molecule has 1 atom stereocenters. The number of hydrogen-bond acceptors (Lipinski definition) is 4. The van der Waals surface area contributed by atoms with Crippen LogP contribution in [0.25, 0.3) is 0 Å². The molecule has 0 aliphatic heterocycles. The van der Waals surface area contributed by atoms with Crippen LogP contribution in [0.4, 0.5) is 0 Å². The third-order valence-corrected chi connectivity index (χ3v) is 1.89. The monoisotopic (exact) mass is 223 g/mol. The van der Waals surface area contributed by atoms with E-state index in [1.165, 1.54) is 12.3 Å². The van der Waals surface area contributed by atoms with Crippen molar-refractivity contribution in [2.45, 2.75) is 12.5 Å². The molecule has 1 unspecified atom stereocenters. The van der Waals surface area contributed by atoms with Gasteiger partial charge in [0.15, 0.2) is 0 Å². The number of rotatable bonds is 5. The minimum Gasteiger partial charge on any atom is -0.507 e. The molecule has 86 valence electrons. The molecule has 3 N–H and O–H groups in total. The van der Waals surface area contributed by atoms with E-state index >= 15 is 0 Å². The predicted octanol–water partition coefficient (Wildman–Crippen LogP) is 0.647. The summed E-state index contributed by atoms with van der Waals surface area (Å²) in [7, 11) is 0. The quantitative estimate of drug-likeness (QED) is 0.639. The molecule has 1 aromatic rings. The van der Waals surface area contributed by atoms with Crippen molar-refractivity contribution in [3.05, 3.63) is 29.8 Å². The molecule has 1 aromatic carbocycles. The summed E-state index contributed by atoms with van der Waals surface area (Å²) in [5, 5.41) is 27.0. The summed E-state index contributed by atoms with van der Waals surface area (Å²) >= 11 is 0. The molecule has 0 amide bonds. The number of aliphatic hydroxyl groups excluding tert-OH is 1. The molecule has 5 heteroatoms. The van der Waals surface area contributed by atoms with Gasteiger partial charge in [0.2, 0.25) is 0 Å². The highest BCUT2D eigenvalue weighted by molar-refractivity contribution is 5.83. The van der Waals surface area contributed by atoms with Crippen molar-refractivity contribution in [1.29, 1.82) is 0 Å². The van der Waals surface area contributed by atoms with E-state index in [0.717, 1.165) is 0 Å². The SMILES string of the molecule is O=C(O)CC(O)CN=Cc1ccccc1O. The lowest BCUT2D eigenvalue weighted by molar-refractivity contribution is -0.139. The van der Waals surface area contributed by atoms with E-state index in [1.807, 2.05) is 0 Å². The maximum absolute atomic E-state index is 10.2. The average molecular weight is 223 g/mol. The van der Waals surface area contributed by atoms with Gasteiger partial charge in [0.1, 0.15) is 5.75 Å². The molecule has 0 spiro atoms. The molecule has 0 fully saturated rings. The van der Waals surface area contributed by atoms with E-state index in [0.29, 0.717) is 5.56 Å². The molecule has 0 bridgehead atoms. The molecule has 0 heterocycles. The molecule has 0 radical (unpaired) electrons. The maximum atomic E-state index is 10.2. The zero-order chi connectivity index (χ0) is 12.0. The Bertz CT molecular complexity index is 389. The first-order valence-corrected chi connectivity index (χ1v) is 4.77. The largest absolute Gasteiger partial charge is 0.507 e. The third kappa shape index (κ3) is 4.10. The van der Waals surface area contributed by atoms with Gasteiger partial charge in [0.25, 0.3) is 0 Å². The zero-order valence-corrected chi connectivity index (χ0v) is 8.58. The van der Waals surface area contributed by atoms with Crippen molar-refractivity contribution in [2.24, 2.45) is 4.99 Å². The van der Waals surface area contributed by atoms with Crippen LogP contribution in [0.1, 0.15) is 12.0 Å². The number of benzene rings is 1. The number of hydrogen-bond donors (Lipinski definition) is 3. The van der Waals surface area contributed by atoms with Crippen LogP contribution in [-0.2, 0) is 4.79 Å². The zero-order valence-electron chi connectivity index (χ0n) is 8.58. The van der Waals surface area contributed by atoms with E-state index in [2.05, 4.69) is 4.99 Å². The number of aromatic hydroxyl groups is 1. The smallest absolute Gasteiger partial charge is 0.306 e. The number of phenols is 1. The number of aliphatic hydroxyl groups is 1. The van der Waals surface area contributed by atoms with Crippen molar-refractivity contribution in [1.82, 2.24) is 0 Å². The van der Waals surface area contributed by atoms with E-state index < -0.39 is 12.1 Å². The Balaban J connectivity index is 2.49. The van der Waals surface area contributed by atoms with Gasteiger partial charge in [-0.3, -0.25) is 9.79 Å². The Labute approximate surface area is 92.7 Å². The number of para-hydroxylation sites is 1. The summed E-state index contributed by atoms with van der Waals surface area (Å²) in [6.45, 7) is 0.000629. The van der Waals surface area contributed by atoms with Gasteiger partial charge in [-0.1, -0.05) is 12.1 Å². The predicted molar refractivity (Wildman–Crippen MR) is 58.8 cm³/mol. The molecule has 16 heavy (non-hydrogen) atoms. The molecular weight excluding hydrogens is 210 g/mol. The van der Waals surface area contributed by atoms with Gasteiger partial charge in [-0.05, 0) is 12.1 Å². The molecular formula is C11H13NO4. The molecule has 0 saturated carbocycles. The van der Waals surface area contributed by atoms with Gasteiger partial charge in [-0.25, -0.2) is 0 Å². The number of carboxylic acids is 1. The second kappa shape index (κ2) is 5.87. The van der Waals surface area contributed by atoms with E-state index in [9.17, 15) is 15.0 Å². The van der Waals surface area contributed by atoms with Gasteiger partial charge in [-0.2, -0.15) is 0 Å². The Morgan fingerprint density at radius 3 is 2.75 bits per heavy atom. The van der Waals surface area contributed by atoms with Crippen LogP contribution in [0.5, 0.6) is 5.75 Å². The molecule has 0 aliphatic carbocycles. The lowest BCUT2D eigenvalue weighted by atomic mass is 10.2. The molecule has 0 aromatic heterocycles. The highest BCUT2D eigenvalue weighted by atomic mass is 16.4. The Morgan fingerprint density at radius 1 is 1.44 bits per heavy atom. The van der Waals surface area contributed by atoms with Gasteiger partial charge in [0.05, 0.1) is 19.1 Å². The summed E-state index contributed by atoms with van der Waals surface area (Å²) in [6.07, 6.45) is 0.0676. The Morgan fingerprint density at radius 2 is 2.12 bits per heavy atom. The summed E-state index contributed by atoms with van der Waals surface area (Å²) in [5.74, 6) is -0.968. The second-order valence-corrected chi connectivity index (χ2v) is 3.30. The lowest BCUT2D eigenvalue weighted by Crippen LogP contribution is -2.16. The summed E-state index contributed by atoms with van der Waals surface area (Å²) in [4.78, 5) is 14.1. The van der Waals surface area contributed by atoms with Crippen LogP contribution < -0.4 is 0 Å². The van der Waals surface area contributed by atoms with Crippen LogP contribution in [0, 0.1) is 0 Å². The number of phenolic OH excluding ortho intramolecular Hbond substituents is 1. The van der Waals surface area contributed by atoms with Crippen molar-refractivity contribution in [2.75, 3.05) is 6.54 Å². The van der Waals surface area contributed by atoms with E-state index in [4.69, 9.17) is 5.11 Å². The van der Waals surface area contributed by atoms with E-state index in [1.54, 1.807) is 18.2 Å². The second-order valence-electron chi connectivity index (χ2n) is 3.30. The number of nitrogens with zero attached hydrogens (tertiary/aromatic N) is 1. The van der Waals surface area contributed by atoms with Crippen LogP contribution in [0.2, 0.25) is 0 Å². The molecule has 1 rings (SSSR count). The fourth-order valence-electron chi connectivity index (χ4n) is 1.14. The van der Waals surface area contributed by atoms with Crippen LogP contribution in [0.15, 0.2) is 29.3 Å². The van der Waals surface area contributed by atoms with Gasteiger partial charge in [0, 0.05) is 11.8 Å². The van der Waals surface area contributed by atoms with Gasteiger partial charge >= 0.3 is 5.97 Å². The normalized spacial score (nSPS) is 12.8. The number of aliphatic imine (C=N–C) groups is 1. The fraction of sp³-hybridized carbons (Fsp3) is 0.273. The first-order chi connectivity index (χ1) is 7.59. The molecule has 5 nitrogen and oxygen atoms in total. The maximum Gasteiger partial charge on any atom is 0.306 e. The Hall–Kier alpha value is -1.88. The first-order valence-electron chi connectivity index (χ1n) is 4.77. The first kappa shape index (κ1) is 12.2. The summed E-state index contributed by atoms with van der Waals surface area (Å²) < 4.78 is 0. The topological polar surface area (TPSA) is 90.1 Å². The van der Waals surface area contributed by atoms with Crippen LogP contribution in [0.3, 0.4) is 0 Å². The standard InChI is InChI=1S/C11H13NO4/c13-9(5-11(15)16)7-12-6-8-3-1-2-4-10(8)14/h1-4,6,9,13-14H,5,7H2,(H,15,16). The third-order valence-electron chi connectivity index (χ3n) is 1.89. The van der Waals surface area contributed by atoms with Gasteiger partial charge < -0.3 is 15.3 Å². The highest BCUT2D eigenvalue weighted by Gasteiger charge is 2.07. The number of carboxylic acid groups (broad SMARTS) is 1. The minimum absolute atomic E-state index is 0.000629. The number of aliphatic carboxylic acids is 1.